The zero-order valence-corrected chi connectivity index (χ0v) is 14.1. The van der Waals surface area contributed by atoms with E-state index in [1.807, 2.05) is 0 Å². The highest BCUT2D eigenvalue weighted by molar-refractivity contribution is 4.94. The lowest BCUT2D eigenvalue weighted by Crippen LogP contribution is -2.46. The number of hydrogen-bond acceptors (Lipinski definition) is 2. The molecule has 2 nitrogen and oxygen atoms in total. The minimum Gasteiger partial charge on any atom is -0.375 e. The van der Waals surface area contributed by atoms with E-state index in [-0.39, 0.29) is 0 Å². The Bertz CT molecular complexity index is 290. The van der Waals surface area contributed by atoms with Crippen LogP contribution in [0.2, 0.25) is 0 Å². The maximum atomic E-state index is 6.06. The molecule has 2 atom stereocenters. The molecule has 1 aliphatic heterocycles. The minimum atomic E-state index is 0.316. The predicted octanol–water partition coefficient (Wildman–Crippen LogP) is 4.53. The first-order chi connectivity index (χ1) is 9.45. The Kier molecular flexibility index (Phi) is 5.53. The fraction of sp³-hybridized carbons (Fsp3) is 1.00. The molecule has 2 aliphatic rings. The lowest BCUT2D eigenvalue weighted by Gasteiger charge is -2.47. The largest absolute Gasteiger partial charge is 0.375 e. The normalized spacial score (nSPS) is 27.3. The molecule has 1 aliphatic carbocycles. The molecule has 0 aromatic rings. The molecule has 20 heavy (non-hydrogen) atoms. The van der Waals surface area contributed by atoms with Crippen molar-refractivity contribution in [2.75, 3.05) is 13.2 Å². The molecule has 2 unspecified atom stereocenters. The van der Waals surface area contributed by atoms with Crippen molar-refractivity contribution in [2.24, 2.45) is 11.3 Å². The van der Waals surface area contributed by atoms with E-state index in [0.29, 0.717) is 17.1 Å². The maximum Gasteiger partial charge on any atom is 0.0685 e. The summed E-state index contributed by atoms with van der Waals surface area (Å²) in [5.74, 6) is 0.900. The average molecular weight is 281 g/mol. The SMILES string of the molecule is CCCNC(CCC1CCOC2(CCC2)C1)C(C)(C)C. The molecule has 2 heteroatoms. The quantitative estimate of drug-likeness (QED) is 0.772. The van der Waals surface area contributed by atoms with Crippen LogP contribution in [0.1, 0.15) is 79.1 Å². The van der Waals surface area contributed by atoms with E-state index in [2.05, 4.69) is 33.0 Å². The minimum absolute atomic E-state index is 0.316. The lowest BCUT2D eigenvalue weighted by atomic mass is 9.70. The first kappa shape index (κ1) is 16.3. The van der Waals surface area contributed by atoms with Crippen molar-refractivity contribution in [1.29, 1.82) is 0 Å². The third-order valence-electron chi connectivity index (χ3n) is 5.41. The van der Waals surface area contributed by atoms with Gasteiger partial charge in [0.25, 0.3) is 0 Å². The highest BCUT2D eigenvalue weighted by Crippen LogP contribution is 2.45. The van der Waals surface area contributed by atoms with Crippen LogP contribution in [-0.2, 0) is 4.74 Å². The molecule has 2 rings (SSSR count). The molecule has 0 amide bonds. The second-order valence-electron chi connectivity index (χ2n) is 8.19. The number of ether oxygens (including phenoxy) is 1. The monoisotopic (exact) mass is 281 g/mol. The summed E-state index contributed by atoms with van der Waals surface area (Å²) in [5, 5.41) is 3.77. The summed E-state index contributed by atoms with van der Waals surface area (Å²) in [5.41, 5.74) is 0.686. The van der Waals surface area contributed by atoms with Crippen LogP contribution in [0.3, 0.4) is 0 Å². The van der Waals surface area contributed by atoms with Gasteiger partial charge in [0.2, 0.25) is 0 Å². The Morgan fingerprint density at radius 2 is 2.05 bits per heavy atom. The molecule has 0 radical (unpaired) electrons. The number of hydrogen-bond donors (Lipinski definition) is 1. The smallest absolute Gasteiger partial charge is 0.0685 e. The summed E-state index contributed by atoms with van der Waals surface area (Å²) in [6.07, 6.45) is 10.6. The summed E-state index contributed by atoms with van der Waals surface area (Å²) in [7, 11) is 0. The Morgan fingerprint density at radius 3 is 2.60 bits per heavy atom. The standard InChI is InChI=1S/C18H35NO/c1-5-12-19-16(17(2,3)4)8-7-15-9-13-20-18(14-15)10-6-11-18/h15-16,19H,5-14H2,1-4H3. The van der Waals surface area contributed by atoms with Crippen molar-refractivity contribution in [3.63, 3.8) is 0 Å². The third kappa shape index (κ3) is 4.21. The van der Waals surface area contributed by atoms with Crippen LogP contribution < -0.4 is 5.32 Å². The van der Waals surface area contributed by atoms with E-state index in [4.69, 9.17) is 4.74 Å². The zero-order valence-electron chi connectivity index (χ0n) is 14.1. The topological polar surface area (TPSA) is 21.3 Å². The van der Waals surface area contributed by atoms with Gasteiger partial charge in [0.15, 0.2) is 0 Å². The average Bonchev–Trinajstić information content (AvgIpc) is 2.36. The molecule has 1 saturated heterocycles. The van der Waals surface area contributed by atoms with E-state index < -0.39 is 0 Å². The Labute approximate surface area is 126 Å². The van der Waals surface area contributed by atoms with Gasteiger partial charge in [0.05, 0.1) is 5.60 Å². The van der Waals surface area contributed by atoms with Crippen LogP contribution in [0.15, 0.2) is 0 Å². The van der Waals surface area contributed by atoms with Crippen LogP contribution in [0.25, 0.3) is 0 Å². The van der Waals surface area contributed by atoms with Gasteiger partial charge in [-0.05, 0) is 69.2 Å². The van der Waals surface area contributed by atoms with E-state index >= 15 is 0 Å². The maximum absolute atomic E-state index is 6.06. The predicted molar refractivity (Wildman–Crippen MR) is 86.0 cm³/mol. The van der Waals surface area contributed by atoms with Crippen molar-refractivity contribution >= 4 is 0 Å². The van der Waals surface area contributed by atoms with E-state index in [9.17, 15) is 0 Å². The van der Waals surface area contributed by atoms with Crippen LogP contribution in [0.4, 0.5) is 0 Å². The summed E-state index contributed by atoms with van der Waals surface area (Å²) in [4.78, 5) is 0. The highest BCUT2D eigenvalue weighted by atomic mass is 16.5. The van der Waals surface area contributed by atoms with E-state index in [0.717, 1.165) is 19.1 Å². The van der Waals surface area contributed by atoms with Crippen LogP contribution in [-0.4, -0.2) is 24.8 Å². The fourth-order valence-electron chi connectivity index (χ4n) is 3.86. The third-order valence-corrected chi connectivity index (χ3v) is 5.41. The molecule has 2 fully saturated rings. The zero-order chi connectivity index (χ0) is 14.6. The number of rotatable bonds is 6. The summed E-state index contributed by atoms with van der Waals surface area (Å²) in [6, 6.07) is 0.655. The highest BCUT2D eigenvalue weighted by Gasteiger charge is 2.42. The van der Waals surface area contributed by atoms with Gasteiger partial charge < -0.3 is 10.1 Å². The van der Waals surface area contributed by atoms with Crippen molar-refractivity contribution in [3.8, 4) is 0 Å². The van der Waals surface area contributed by atoms with E-state index in [1.165, 1.54) is 51.4 Å². The van der Waals surface area contributed by atoms with Gasteiger partial charge in [-0.1, -0.05) is 27.7 Å². The van der Waals surface area contributed by atoms with Gasteiger partial charge in [-0.25, -0.2) is 0 Å². The molecule has 1 saturated carbocycles. The van der Waals surface area contributed by atoms with Crippen LogP contribution in [0, 0.1) is 11.3 Å². The van der Waals surface area contributed by atoms with Crippen LogP contribution in [0.5, 0.6) is 0 Å². The Hall–Kier alpha value is -0.0800. The van der Waals surface area contributed by atoms with Gasteiger partial charge in [-0.2, -0.15) is 0 Å². The lowest BCUT2D eigenvalue weighted by molar-refractivity contribution is -0.144. The molecule has 1 spiro atoms. The molecule has 0 bridgehead atoms. The summed E-state index contributed by atoms with van der Waals surface area (Å²) in [6.45, 7) is 11.5. The van der Waals surface area contributed by atoms with E-state index in [1.54, 1.807) is 0 Å². The summed E-state index contributed by atoms with van der Waals surface area (Å²) >= 11 is 0. The fourth-order valence-corrected chi connectivity index (χ4v) is 3.86. The second kappa shape index (κ2) is 6.79. The Morgan fingerprint density at radius 1 is 1.30 bits per heavy atom. The molecule has 1 heterocycles. The molecule has 0 aromatic heterocycles. The van der Waals surface area contributed by atoms with Crippen LogP contribution >= 0.6 is 0 Å². The van der Waals surface area contributed by atoms with Crippen molar-refractivity contribution in [3.05, 3.63) is 0 Å². The molecule has 1 N–H and O–H groups in total. The van der Waals surface area contributed by atoms with Crippen molar-refractivity contribution < 1.29 is 4.74 Å². The van der Waals surface area contributed by atoms with Crippen molar-refractivity contribution in [2.45, 2.75) is 90.7 Å². The molecule has 0 aromatic carbocycles. The van der Waals surface area contributed by atoms with Crippen molar-refractivity contribution in [1.82, 2.24) is 5.32 Å². The molecular formula is C18H35NO. The second-order valence-corrected chi connectivity index (χ2v) is 8.19. The van der Waals surface area contributed by atoms with Gasteiger partial charge in [-0.3, -0.25) is 0 Å². The molecule has 118 valence electrons. The first-order valence-electron chi connectivity index (χ1n) is 8.82. The first-order valence-corrected chi connectivity index (χ1v) is 8.82. The van der Waals surface area contributed by atoms with Gasteiger partial charge in [-0.15, -0.1) is 0 Å². The van der Waals surface area contributed by atoms with Gasteiger partial charge >= 0.3 is 0 Å². The summed E-state index contributed by atoms with van der Waals surface area (Å²) < 4.78 is 6.06. The number of nitrogens with one attached hydrogen (secondary N) is 1. The van der Waals surface area contributed by atoms with Gasteiger partial charge in [0, 0.05) is 12.6 Å². The Balaban J connectivity index is 1.79. The molecular weight excluding hydrogens is 246 g/mol. The van der Waals surface area contributed by atoms with Gasteiger partial charge in [0.1, 0.15) is 0 Å².